The third-order valence-corrected chi connectivity index (χ3v) is 19.3. The van der Waals surface area contributed by atoms with E-state index in [0.717, 1.165) is 27.8 Å². The van der Waals surface area contributed by atoms with Gasteiger partial charge in [0, 0.05) is 49.1 Å². The normalized spacial score (nSPS) is 12.5. The van der Waals surface area contributed by atoms with Gasteiger partial charge < -0.3 is 18.9 Å². The summed E-state index contributed by atoms with van der Waals surface area (Å²) in [6.07, 6.45) is 0. The van der Waals surface area contributed by atoms with E-state index < -0.39 is 53.9 Å². The molecule has 0 amide bonds. The monoisotopic (exact) mass is 1210 g/mol. The first-order valence-corrected chi connectivity index (χ1v) is 31.6. The summed E-state index contributed by atoms with van der Waals surface area (Å²) in [5, 5.41) is 0. The van der Waals surface area contributed by atoms with Gasteiger partial charge in [0.25, 0.3) is 0 Å². The van der Waals surface area contributed by atoms with E-state index in [1.807, 2.05) is 34.6 Å². The molecule has 2 aliphatic rings. The van der Waals surface area contributed by atoms with Crippen LogP contribution >= 0.6 is 0 Å². The molecule has 0 bridgehead atoms. The summed E-state index contributed by atoms with van der Waals surface area (Å²) in [5.74, 6) is 17.0. The predicted molar refractivity (Wildman–Crippen MR) is 324 cm³/mol. The van der Waals surface area contributed by atoms with Crippen LogP contribution in [0.3, 0.4) is 0 Å². The smallest absolute Gasteiger partial charge is 0.385 e. The summed E-state index contributed by atoms with van der Waals surface area (Å²) < 4.78 is 105. The van der Waals surface area contributed by atoms with Crippen molar-refractivity contribution in [1.82, 2.24) is 12.9 Å². The van der Waals surface area contributed by atoms with Crippen molar-refractivity contribution in [1.29, 1.82) is 0 Å². The van der Waals surface area contributed by atoms with Crippen LogP contribution in [0.15, 0.2) is 87.5 Å². The molecule has 0 fully saturated rings. The van der Waals surface area contributed by atoms with Crippen LogP contribution in [0.25, 0.3) is 11.1 Å². The number of fused-ring (bicyclic) bond motifs is 2. The minimum absolute atomic E-state index is 0.0592. The number of esters is 4. The lowest BCUT2D eigenvalue weighted by Gasteiger charge is -2.25. The molecule has 0 saturated heterocycles. The van der Waals surface area contributed by atoms with E-state index in [0.29, 0.717) is 44.5 Å². The Hall–Kier alpha value is -8.05. The molecule has 17 nitrogen and oxygen atoms in total. The van der Waals surface area contributed by atoms with E-state index in [4.69, 9.17) is 9.47 Å². The summed E-state index contributed by atoms with van der Waals surface area (Å²) >= 11 is 0. The zero-order valence-electron chi connectivity index (χ0n) is 50.3. The highest BCUT2D eigenvalue weighted by Gasteiger charge is 2.40. The lowest BCUT2D eigenvalue weighted by molar-refractivity contribution is -0.137. The second kappa shape index (κ2) is 30.2. The van der Waals surface area contributed by atoms with E-state index in [1.54, 1.807) is 128 Å². The average Bonchev–Trinajstić information content (AvgIpc) is 1.73. The van der Waals surface area contributed by atoms with Crippen LogP contribution in [0.5, 0.6) is 0 Å². The summed E-state index contributed by atoms with van der Waals surface area (Å²) in [6, 6.07) is 20.2. The fourth-order valence-corrected chi connectivity index (χ4v) is 13.5. The van der Waals surface area contributed by atoms with Gasteiger partial charge in [-0.25, -0.2) is 44.4 Å². The number of carbonyl (C=O) groups excluding carboxylic acids is 4. The quantitative estimate of drug-likeness (QED) is 0.0413. The van der Waals surface area contributed by atoms with Crippen molar-refractivity contribution in [3.8, 4) is 58.5 Å². The number of aryl methyl sites for hydroxylation is 3. The maximum atomic E-state index is 14.0. The largest absolute Gasteiger partial charge is 0.462 e. The van der Waals surface area contributed by atoms with Crippen LogP contribution in [-0.4, -0.2) is 102 Å². The predicted octanol–water partition coefficient (Wildman–Crippen LogP) is 9.12. The van der Waals surface area contributed by atoms with Crippen molar-refractivity contribution < 1.29 is 63.4 Å². The Morgan fingerprint density at radius 1 is 0.447 bits per heavy atom. The molecular formula is C65H71N3O14S3. The van der Waals surface area contributed by atoms with Crippen LogP contribution < -0.4 is 0 Å². The van der Waals surface area contributed by atoms with Crippen molar-refractivity contribution in [3.05, 3.63) is 145 Å². The van der Waals surface area contributed by atoms with Crippen LogP contribution in [0.2, 0.25) is 0 Å². The number of benzene rings is 5. The molecule has 2 heterocycles. The maximum Gasteiger partial charge on any atom is 0.385 e. The molecule has 5 aromatic rings. The average molecular weight is 1210 g/mol. The number of rotatable bonds is 15. The summed E-state index contributed by atoms with van der Waals surface area (Å²) in [6.45, 7) is 24.3. The Balaban J connectivity index is 0.000000326. The first-order chi connectivity index (χ1) is 40.3. The molecule has 0 unspecified atom stereocenters. The molecule has 0 spiro atoms. The molecule has 7 rings (SSSR count). The summed E-state index contributed by atoms with van der Waals surface area (Å²) in [5.41, 5.74) is 9.59. The number of ether oxygens (including phenoxy) is 4. The second-order valence-corrected chi connectivity index (χ2v) is 25.2. The minimum Gasteiger partial charge on any atom is -0.462 e. The third-order valence-electron chi connectivity index (χ3n) is 13.9. The second-order valence-electron chi connectivity index (χ2n) is 19.4. The van der Waals surface area contributed by atoms with Gasteiger partial charge >= 0.3 is 23.9 Å². The number of nitrogens with zero attached hydrogens (tertiary/aromatic N) is 3. The Morgan fingerprint density at radius 2 is 0.741 bits per heavy atom. The van der Waals surface area contributed by atoms with Crippen molar-refractivity contribution in [2.75, 3.05) is 39.5 Å². The van der Waals surface area contributed by atoms with E-state index in [1.165, 1.54) is 12.9 Å². The van der Waals surface area contributed by atoms with Gasteiger partial charge in [0.2, 0.25) is 30.1 Å². The van der Waals surface area contributed by atoms with Crippen LogP contribution in [-0.2, 0) is 84.8 Å². The number of hydrogen-bond donors (Lipinski definition) is 0. The van der Waals surface area contributed by atoms with Gasteiger partial charge in [-0.05, 0) is 183 Å². The molecule has 0 aliphatic carbocycles. The van der Waals surface area contributed by atoms with Gasteiger partial charge in [-0.1, -0.05) is 64.9 Å². The summed E-state index contributed by atoms with van der Waals surface area (Å²) in [7, 11) is -11.3. The van der Waals surface area contributed by atoms with E-state index in [2.05, 4.69) is 56.8 Å². The van der Waals surface area contributed by atoms with Gasteiger partial charge in [-0.15, -0.1) is 11.8 Å². The lowest BCUT2D eigenvalue weighted by Crippen LogP contribution is -2.32. The lowest BCUT2D eigenvalue weighted by atomic mass is 9.79. The molecule has 0 aromatic heterocycles. The minimum atomic E-state index is -3.89. The fraction of sp³-hybridized carbons (Fsp3) is 0.354. The SMILES string of the molecule is CC#CCN(CC#CC)S(=O)(=O)c1ccc(C)cc1.CCOC(=O)C#CC#CC(=O)OCC.CCOC(=O)c1c(C)c2c(c(C)c1-c1c(C)c3c(c(C)c1C(=O)OCC)CN(S(=O)(=O)c1ccc(C)cc1)C3)CN(S(=O)(=O)c1ccc(C)cc1)C2. The zero-order chi connectivity index (χ0) is 63.0. The molecule has 85 heavy (non-hydrogen) atoms. The maximum absolute atomic E-state index is 14.0. The van der Waals surface area contributed by atoms with Crippen molar-refractivity contribution in [2.24, 2.45) is 0 Å². The van der Waals surface area contributed by atoms with Crippen molar-refractivity contribution in [2.45, 2.75) is 131 Å². The molecule has 0 atom stereocenters. The highest BCUT2D eigenvalue weighted by Crippen LogP contribution is 2.47. The molecule has 448 valence electrons. The molecule has 0 N–H and O–H groups in total. The van der Waals surface area contributed by atoms with Gasteiger partial charge in [0.1, 0.15) is 0 Å². The van der Waals surface area contributed by atoms with E-state index in [9.17, 15) is 44.4 Å². The standard InChI is InChI=1S/C40H44N2O8S2.C15H17NO2S.C10H10O4/c1-9-49-39(43)37-27(7)33-21-41(51(45,46)29-15-11-23(3)12-16-29)19-31(33)25(5)35(37)36-26(6)32-20-42(52(47,48)30-17-13-24(4)14-18-30)22-34(32)28(8)38(36)40(44)50-10-2;1-4-6-12-16(13-7-5-2)19(17,18)15-10-8-14(3)9-11-15;1-3-13-9(11)7-5-6-8-10(12)14-4-2/h11-18H,9-10,19-22H2,1-8H3;8-11H,12-13H2,1-3H3;3-4H2,1-2H3. The Morgan fingerprint density at radius 3 is 1.04 bits per heavy atom. The van der Waals surface area contributed by atoms with Gasteiger partial charge in [0.05, 0.1) is 65.3 Å². The van der Waals surface area contributed by atoms with Crippen LogP contribution in [0, 0.1) is 95.8 Å². The van der Waals surface area contributed by atoms with Crippen LogP contribution in [0.4, 0.5) is 0 Å². The fourth-order valence-electron chi connectivity index (χ4n) is 9.45. The molecular weight excluding hydrogens is 1140 g/mol. The van der Waals surface area contributed by atoms with E-state index >= 15 is 0 Å². The summed E-state index contributed by atoms with van der Waals surface area (Å²) in [4.78, 5) is 49.9. The highest BCUT2D eigenvalue weighted by atomic mass is 32.2. The molecule has 5 aromatic carbocycles. The third kappa shape index (κ3) is 16.0. The molecule has 0 radical (unpaired) electrons. The molecule has 2 aliphatic heterocycles. The van der Waals surface area contributed by atoms with Crippen LogP contribution in [0.1, 0.15) is 123 Å². The Labute approximate surface area is 501 Å². The van der Waals surface area contributed by atoms with E-state index in [-0.39, 0.29) is 91.5 Å². The molecule has 0 saturated carbocycles. The number of hydrogen-bond acceptors (Lipinski definition) is 14. The first-order valence-electron chi connectivity index (χ1n) is 27.3. The first kappa shape index (κ1) is 67.7. The molecule has 20 heteroatoms. The topological polar surface area (TPSA) is 217 Å². The number of sulfonamides is 3. The van der Waals surface area contributed by atoms with Crippen molar-refractivity contribution in [3.63, 3.8) is 0 Å². The van der Waals surface area contributed by atoms with Crippen molar-refractivity contribution >= 4 is 53.9 Å². The number of carbonyl (C=O) groups is 4. The van der Waals surface area contributed by atoms with Gasteiger partial charge in [-0.3, -0.25) is 0 Å². The zero-order valence-corrected chi connectivity index (χ0v) is 52.7. The Bertz CT molecular complexity index is 3760. The van der Waals surface area contributed by atoms with Gasteiger partial charge in [0.15, 0.2) is 0 Å². The van der Waals surface area contributed by atoms with Gasteiger partial charge in [-0.2, -0.15) is 12.9 Å². The highest BCUT2D eigenvalue weighted by molar-refractivity contribution is 7.89. The Kier molecular flexibility index (Phi) is 24.0.